The van der Waals surface area contributed by atoms with Crippen LogP contribution in [0.25, 0.3) is 65.7 Å². The Morgan fingerprint density at radius 3 is 1.89 bits per heavy atom. The first-order valence-corrected chi connectivity index (χ1v) is 13.3. The minimum Gasteiger partial charge on any atom is -0.455 e. The highest BCUT2D eigenvalue weighted by molar-refractivity contribution is 6.22. The van der Waals surface area contributed by atoms with Gasteiger partial charge in [0.2, 0.25) is 0 Å². The van der Waals surface area contributed by atoms with Crippen molar-refractivity contribution in [1.29, 1.82) is 0 Å². The standard InChI is InChI=1S/C44H29NO/c1-3-13-32(14-4-1)37-20-11-21-42-43(37)40-29-41(38-18-9-10-19-39(38)44(40)46-42)45(35-16-5-2-6-17-35)36-26-24-31(25-27-36)34-23-22-30-12-7-8-15-33(30)28-34/h1-29H/i1D,2D,3D,4D,5D,6D,7D,8D,9D,10D,11D,12D,13D,14D,15D,16D,17D,18D,19D,20D,21D,22D,23D,24D,25D,26D,27D,28D,29D. The third-order valence-electron chi connectivity index (χ3n) is 6.94. The molecule has 2 heteroatoms. The van der Waals surface area contributed by atoms with E-state index in [-0.39, 0.29) is 0 Å². The Hall–Kier alpha value is -6.12. The monoisotopic (exact) mass is 616 g/mol. The van der Waals surface area contributed by atoms with E-state index in [2.05, 4.69) is 0 Å². The van der Waals surface area contributed by atoms with Crippen LogP contribution in [0, 0.1) is 0 Å². The highest BCUT2D eigenvalue weighted by Gasteiger charge is 2.21. The molecule has 0 N–H and O–H groups in total. The van der Waals surface area contributed by atoms with Gasteiger partial charge in [0.1, 0.15) is 11.2 Å². The molecule has 0 bridgehead atoms. The van der Waals surface area contributed by atoms with Gasteiger partial charge in [-0.2, -0.15) is 0 Å². The highest BCUT2D eigenvalue weighted by atomic mass is 16.3. The maximum atomic E-state index is 10.1. The van der Waals surface area contributed by atoms with E-state index in [1.165, 1.54) is 0 Å². The van der Waals surface area contributed by atoms with Gasteiger partial charge in [-0.15, -0.1) is 0 Å². The molecule has 9 aromatic rings. The zero-order valence-electron chi connectivity index (χ0n) is 51.9. The molecule has 1 aromatic heterocycles. The summed E-state index contributed by atoms with van der Waals surface area (Å²) in [5, 5.41) is -4.13. The molecule has 0 atom stereocenters. The lowest BCUT2D eigenvalue weighted by molar-refractivity contribution is 0.673. The van der Waals surface area contributed by atoms with E-state index in [4.69, 9.17) is 31.8 Å². The summed E-state index contributed by atoms with van der Waals surface area (Å²) in [6.07, 6.45) is 0. The number of benzene rings is 8. The molecule has 0 saturated heterocycles. The van der Waals surface area contributed by atoms with Gasteiger partial charge >= 0.3 is 0 Å². The third kappa shape index (κ3) is 4.35. The van der Waals surface area contributed by atoms with Crippen molar-refractivity contribution in [2.24, 2.45) is 0 Å². The van der Waals surface area contributed by atoms with Crippen LogP contribution in [-0.4, -0.2) is 0 Å². The van der Waals surface area contributed by atoms with Crippen LogP contribution in [0.5, 0.6) is 0 Å². The Labute approximate surface area is 308 Å². The number of nitrogens with zero attached hydrogens (tertiary/aromatic N) is 1. The molecule has 1 heterocycles. The maximum absolute atomic E-state index is 10.1. The van der Waals surface area contributed by atoms with Crippen LogP contribution in [-0.2, 0) is 0 Å². The molecular formula is C44H29NO. The van der Waals surface area contributed by atoms with E-state index in [0.717, 1.165) is 0 Å². The van der Waals surface area contributed by atoms with E-state index in [0.29, 0.717) is 4.90 Å². The van der Waals surface area contributed by atoms with E-state index in [9.17, 15) is 12.3 Å². The van der Waals surface area contributed by atoms with Gasteiger partial charge in [-0.25, -0.2) is 0 Å². The molecule has 0 aliphatic heterocycles. The lowest BCUT2D eigenvalue weighted by Gasteiger charge is -2.27. The van der Waals surface area contributed by atoms with Gasteiger partial charge in [0, 0.05) is 32.9 Å². The number of anilines is 3. The summed E-state index contributed by atoms with van der Waals surface area (Å²) >= 11 is 0. The number of hydrogen-bond acceptors (Lipinski definition) is 2. The van der Waals surface area contributed by atoms with Gasteiger partial charge in [-0.1, -0.05) is 133 Å². The molecule has 0 aliphatic rings. The summed E-state index contributed by atoms with van der Waals surface area (Å²) in [4.78, 5) is 0.413. The zero-order valence-corrected chi connectivity index (χ0v) is 22.9. The number of fused-ring (bicyclic) bond motifs is 6. The largest absolute Gasteiger partial charge is 0.455 e. The third-order valence-corrected chi connectivity index (χ3v) is 6.94. The van der Waals surface area contributed by atoms with Gasteiger partial charge in [0.25, 0.3) is 0 Å². The number of rotatable bonds is 5. The Kier molecular flexibility index (Phi) is 2.39. The highest BCUT2D eigenvalue weighted by Crippen LogP contribution is 2.46. The molecule has 2 nitrogen and oxygen atoms in total. The van der Waals surface area contributed by atoms with Crippen molar-refractivity contribution >= 4 is 60.5 Å². The fraction of sp³-hybridized carbons (Fsp3) is 0. The first-order valence-electron chi connectivity index (χ1n) is 27.8. The molecule has 46 heavy (non-hydrogen) atoms. The van der Waals surface area contributed by atoms with E-state index >= 15 is 0 Å². The molecule has 0 saturated carbocycles. The molecule has 0 fully saturated rings. The van der Waals surface area contributed by atoms with Gasteiger partial charge in [0.05, 0.1) is 45.4 Å². The molecule has 0 amide bonds. The molecule has 0 radical (unpaired) electrons. The summed E-state index contributed by atoms with van der Waals surface area (Å²) in [6, 6.07) is -29.2. The fourth-order valence-corrected chi connectivity index (χ4v) is 4.98. The van der Waals surface area contributed by atoms with Crippen LogP contribution in [0.2, 0.25) is 0 Å². The van der Waals surface area contributed by atoms with Crippen LogP contribution < -0.4 is 4.90 Å². The topological polar surface area (TPSA) is 16.4 Å². The fourth-order valence-electron chi connectivity index (χ4n) is 4.98. The van der Waals surface area contributed by atoms with E-state index < -0.39 is 258 Å². The van der Waals surface area contributed by atoms with Crippen LogP contribution in [0.1, 0.15) is 39.8 Å². The van der Waals surface area contributed by atoms with Gasteiger partial charge < -0.3 is 9.32 Å². The van der Waals surface area contributed by atoms with Gasteiger partial charge in [0.15, 0.2) is 0 Å². The van der Waals surface area contributed by atoms with Crippen molar-refractivity contribution in [2.45, 2.75) is 0 Å². The second-order valence-electron chi connectivity index (χ2n) is 9.52. The average Bonchev–Trinajstić information content (AvgIpc) is 3.80. The van der Waals surface area contributed by atoms with Gasteiger partial charge in [-0.3, -0.25) is 0 Å². The predicted molar refractivity (Wildman–Crippen MR) is 194 cm³/mol. The van der Waals surface area contributed by atoms with Gasteiger partial charge in [-0.05, 0) is 75.3 Å². The number of para-hydroxylation sites is 1. The second kappa shape index (κ2) is 10.8. The minimum absolute atomic E-state index is 0.413. The number of hydrogen-bond donors (Lipinski definition) is 0. The van der Waals surface area contributed by atoms with Crippen LogP contribution in [0.4, 0.5) is 17.1 Å². The lowest BCUT2D eigenvalue weighted by Crippen LogP contribution is -2.10. The SMILES string of the molecule is [2H]c1c([2H])c([2H])c(-c2c([2H])c([2H])c([2H])c3oc4c5c([2H])c([2H])c([2H])c([2H])c5c(N(c5c([2H])c([2H])c([2H])c([2H])c5[2H])c5c([2H])c([2H])c(-c6c([2H])c([2H])c7c([2H])c([2H])c([2H])c([2H])c7c6[2H])c([2H])c5[2H])c([2H])c4c23)c([2H])c1[2H]. The van der Waals surface area contributed by atoms with Crippen molar-refractivity contribution in [2.75, 3.05) is 4.90 Å². The number of furan rings is 1. The molecule has 0 spiro atoms. The zero-order chi connectivity index (χ0) is 55.7. The van der Waals surface area contributed by atoms with Crippen molar-refractivity contribution in [3.63, 3.8) is 0 Å². The van der Waals surface area contributed by atoms with Crippen molar-refractivity contribution in [3.8, 4) is 22.3 Å². The second-order valence-corrected chi connectivity index (χ2v) is 9.52. The molecular weight excluding hydrogens is 558 g/mol. The molecule has 9 rings (SSSR count). The van der Waals surface area contributed by atoms with E-state index in [1.54, 1.807) is 0 Å². The van der Waals surface area contributed by atoms with Crippen molar-refractivity contribution in [1.82, 2.24) is 0 Å². The van der Waals surface area contributed by atoms with Crippen LogP contribution in [0.15, 0.2) is 180 Å². The molecule has 0 aliphatic carbocycles. The first kappa shape index (κ1) is 10.2. The molecule has 0 unspecified atom stereocenters. The van der Waals surface area contributed by atoms with E-state index in [1.807, 2.05) is 0 Å². The van der Waals surface area contributed by atoms with Crippen LogP contribution in [0.3, 0.4) is 0 Å². The Morgan fingerprint density at radius 1 is 0.435 bits per heavy atom. The molecule has 8 aromatic carbocycles. The quantitative estimate of drug-likeness (QED) is 0.191. The maximum Gasteiger partial charge on any atom is 0.143 e. The predicted octanol–water partition coefficient (Wildman–Crippen LogP) is 12.7. The summed E-state index contributed by atoms with van der Waals surface area (Å²) in [6.45, 7) is 0. The lowest BCUT2D eigenvalue weighted by atomic mass is 9.97. The Bertz CT molecular complexity index is 4100. The summed E-state index contributed by atoms with van der Waals surface area (Å²) < 4.78 is 265. The van der Waals surface area contributed by atoms with Crippen LogP contribution >= 0.6 is 0 Å². The smallest absolute Gasteiger partial charge is 0.143 e. The summed E-state index contributed by atoms with van der Waals surface area (Å²) in [5.41, 5.74) is -7.91. The minimum atomic E-state index is -1.26. The Morgan fingerprint density at radius 2 is 1.09 bits per heavy atom. The molecule has 216 valence electrons. The normalized spacial score (nSPS) is 20.3. The summed E-state index contributed by atoms with van der Waals surface area (Å²) in [5.74, 6) is 0. The average molecular weight is 617 g/mol. The van der Waals surface area contributed by atoms with Crippen molar-refractivity contribution in [3.05, 3.63) is 175 Å². The van der Waals surface area contributed by atoms with Crippen molar-refractivity contribution < 1.29 is 44.2 Å². The summed E-state index contributed by atoms with van der Waals surface area (Å²) in [7, 11) is 0. The Balaban J connectivity index is 1.57. The first-order chi connectivity index (χ1) is 34.9.